The number of carbonyl (C=O) groups excluding carboxylic acids is 2. The van der Waals surface area contributed by atoms with Gasteiger partial charge in [0.2, 0.25) is 9.84 Å². The average Bonchev–Trinajstić information content (AvgIpc) is 3.22. The molecule has 0 amide bonds. The summed E-state index contributed by atoms with van der Waals surface area (Å²) in [4.78, 5) is 24.3. The van der Waals surface area contributed by atoms with Gasteiger partial charge in [-0.05, 0) is 74.2 Å². The zero-order valence-electron chi connectivity index (χ0n) is 35.4. The number of hydrogen-bond donors (Lipinski definition) is 0. The molecule has 0 unspecified atom stereocenters. The number of ether oxygens (including phenoxy) is 4. The van der Waals surface area contributed by atoms with Crippen molar-refractivity contribution in [2.24, 2.45) is 0 Å². The monoisotopic (exact) mass is 811 g/mol. The predicted molar refractivity (Wildman–Crippen MR) is 232 cm³/mol. The molecule has 2 aromatic rings. The summed E-state index contributed by atoms with van der Waals surface area (Å²) in [6, 6.07) is 12.3. The molecule has 0 radical (unpaired) electrons. The lowest BCUT2D eigenvalue weighted by atomic mass is 10.1. The first kappa shape index (κ1) is 49.6. The zero-order chi connectivity index (χ0) is 41.1. The van der Waals surface area contributed by atoms with Crippen LogP contribution in [0.15, 0.2) is 82.6 Å². The van der Waals surface area contributed by atoms with Crippen LogP contribution in [0.5, 0.6) is 11.5 Å². The summed E-state index contributed by atoms with van der Waals surface area (Å²) in [7, 11) is -3.76. The topological polar surface area (TPSA) is 105 Å². The van der Waals surface area contributed by atoms with Crippen molar-refractivity contribution in [2.75, 3.05) is 26.4 Å². The van der Waals surface area contributed by atoms with E-state index in [1.807, 2.05) is 12.2 Å². The zero-order valence-corrected chi connectivity index (χ0v) is 36.2. The van der Waals surface area contributed by atoms with E-state index in [2.05, 4.69) is 26.0 Å². The lowest BCUT2D eigenvalue weighted by Gasteiger charge is -2.10. The average molecular weight is 811 g/mol. The fourth-order valence-electron chi connectivity index (χ4n) is 6.41. The van der Waals surface area contributed by atoms with Crippen LogP contribution in [0, 0.1) is 0 Å². The van der Waals surface area contributed by atoms with E-state index in [1.54, 1.807) is 24.3 Å². The first-order valence-electron chi connectivity index (χ1n) is 22.2. The Hall–Kier alpha value is -3.59. The summed E-state index contributed by atoms with van der Waals surface area (Å²) in [6.07, 6.45) is 36.5. The lowest BCUT2D eigenvalue weighted by Crippen LogP contribution is -2.11. The molecule has 8 nitrogen and oxygen atoms in total. The predicted octanol–water partition coefficient (Wildman–Crippen LogP) is 12.9. The molecular formula is C48H74O8S. The molecule has 0 aliphatic heterocycles. The first-order valence-corrected chi connectivity index (χ1v) is 23.7. The van der Waals surface area contributed by atoms with Crippen LogP contribution in [0.3, 0.4) is 0 Å². The van der Waals surface area contributed by atoms with Crippen LogP contribution in [-0.2, 0) is 28.9 Å². The highest BCUT2D eigenvalue weighted by atomic mass is 32.2. The Morgan fingerprint density at radius 2 is 0.754 bits per heavy atom. The molecule has 0 saturated carbocycles. The Morgan fingerprint density at radius 3 is 1.09 bits per heavy atom. The Morgan fingerprint density at radius 1 is 0.439 bits per heavy atom. The van der Waals surface area contributed by atoms with E-state index in [0.29, 0.717) is 11.5 Å². The van der Waals surface area contributed by atoms with Gasteiger partial charge in [-0.15, -0.1) is 0 Å². The van der Waals surface area contributed by atoms with E-state index in [9.17, 15) is 18.0 Å². The summed E-state index contributed by atoms with van der Waals surface area (Å²) in [6.45, 7) is 5.05. The molecule has 2 rings (SSSR count). The summed E-state index contributed by atoms with van der Waals surface area (Å²) in [5.74, 6) is 0.358. The second-order valence-electron chi connectivity index (χ2n) is 14.9. The summed E-state index contributed by atoms with van der Waals surface area (Å²) in [5, 5.41) is 0. The van der Waals surface area contributed by atoms with Crippen LogP contribution in [0.25, 0.3) is 0 Å². The van der Waals surface area contributed by atoms with Gasteiger partial charge in [0, 0.05) is 0 Å². The molecule has 2 aromatic carbocycles. The Kier molecular flexibility index (Phi) is 29.0. The van der Waals surface area contributed by atoms with Gasteiger partial charge < -0.3 is 18.9 Å². The molecule has 0 saturated heterocycles. The van der Waals surface area contributed by atoms with Crippen molar-refractivity contribution in [1.29, 1.82) is 0 Å². The van der Waals surface area contributed by atoms with Crippen molar-refractivity contribution in [3.63, 3.8) is 0 Å². The van der Waals surface area contributed by atoms with Gasteiger partial charge in [0.05, 0.1) is 22.6 Å². The third kappa shape index (κ3) is 25.4. The molecule has 0 fully saturated rings. The number of rotatable bonds is 36. The molecule has 0 spiro atoms. The van der Waals surface area contributed by atoms with Crippen LogP contribution in [0.4, 0.5) is 0 Å². The van der Waals surface area contributed by atoms with Crippen molar-refractivity contribution >= 4 is 21.8 Å². The quantitative estimate of drug-likeness (QED) is 0.0381. The molecule has 0 atom stereocenters. The van der Waals surface area contributed by atoms with Gasteiger partial charge in [-0.25, -0.2) is 8.42 Å². The number of carbonyl (C=O) groups is 2. The molecule has 0 aromatic heterocycles. The third-order valence-corrected chi connectivity index (χ3v) is 11.6. The highest BCUT2D eigenvalue weighted by Gasteiger charge is 2.18. The van der Waals surface area contributed by atoms with Crippen LogP contribution >= 0.6 is 0 Å². The van der Waals surface area contributed by atoms with Gasteiger partial charge in [-0.3, -0.25) is 9.59 Å². The minimum Gasteiger partial charge on any atom is -0.490 e. The van der Waals surface area contributed by atoms with Crippen LogP contribution in [0.1, 0.15) is 168 Å². The van der Waals surface area contributed by atoms with E-state index in [-0.39, 0.29) is 61.0 Å². The number of hydrogen-bond acceptors (Lipinski definition) is 8. The maximum Gasteiger partial charge on any atom is 0.309 e. The van der Waals surface area contributed by atoms with Crippen molar-refractivity contribution in [2.45, 2.75) is 178 Å². The van der Waals surface area contributed by atoms with Gasteiger partial charge in [0.1, 0.15) is 37.9 Å². The molecule has 320 valence electrons. The maximum atomic E-state index is 13.2. The van der Waals surface area contributed by atoms with E-state index < -0.39 is 9.84 Å². The number of esters is 2. The normalized spacial score (nSPS) is 11.7. The molecule has 0 N–H and O–H groups in total. The van der Waals surface area contributed by atoms with E-state index >= 15 is 0 Å². The second kappa shape index (κ2) is 33.4. The third-order valence-electron chi connectivity index (χ3n) is 9.85. The minimum absolute atomic E-state index is 0.110. The fraction of sp³-hybridized carbons (Fsp3) is 0.625. The summed E-state index contributed by atoms with van der Waals surface area (Å²) in [5.41, 5.74) is 0. The number of sulfone groups is 1. The maximum absolute atomic E-state index is 13.2. The fourth-order valence-corrected chi connectivity index (χ4v) is 7.67. The molecule has 0 heterocycles. The molecule has 9 heteroatoms. The lowest BCUT2D eigenvalue weighted by molar-refractivity contribution is -0.144. The second-order valence-corrected chi connectivity index (χ2v) is 16.8. The molecule has 0 aliphatic rings. The standard InChI is InChI=1S/C48H74O8S/c1-3-5-7-9-11-13-15-17-19-21-23-25-27-29-47(49)55-41-39-53-43-31-35-45(36-32-43)57(51,52)46-37-33-44(34-38-46)54-40-42-56-48(50)30-28-26-24-22-20-18-16-14-12-10-8-6-4-2/h25-28,31-38H,3-24,29-30,39-42H2,1-2H3/b27-25+,28-26+. The highest BCUT2D eigenvalue weighted by Crippen LogP contribution is 2.25. The number of unbranched alkanes of at least 4 members (excludes halogenated alkanes) is 20. The molecule has 57 heavy (non-hydrogen) atoms. The molecule has 0 bridgehead atoms. The van der Waals surface area contributed by atoms with Crippen molar-refractivity contribution < 1.29 is 37.0 Å². The van der Waals surface area contributed by atoms with Crippen LogP contribution < -0.4 is 9.47 Å². The van der Waals surface area contributed by atoms with Gasteiger partial charge in [0.15, 0.2) is 0 Å². The van der Waals surface area contributed by atoms with Gasteiger partial charge in [-0.2, -0.15) is 0 Å². The summed E-state index contributed by atoms with van der Waals surface area (Å²) >= 11 is 0. The Balaban J connectivity index is 1.53. The van der Waals surface area contributed by atoms with E-state index in [1.165, 1.54) is 140 Å². The highest BCUT2D eigenvalue weighted by molar-refractivity contribution is 7.91. The molecule has 0 aliphatic carbocycles. The largest absolute Gasteiger partial charge is 0.490 e. The van der Waals surface area contributed by atoms with E-state index in [4.69, 9.17) is 18.9 Å². The smallest absolute Gasteiger partial charge is 0.309 e. The van der Waals surface area contributed by atoms with Crippen molar-refractivity contribution in [1.82, 2.24) is 0 Å². The minimum atomic E-state index is -3.76. The van der Waals surface area contributed by atoms with Gasteiger partial charge in [-0.1, -0.05) is 154 Å². The van der Waals surface area contributed by atoms with Crippen LogP contribution in [0.2, 0.25) is 0 Å². The van der Waals surface area contributed by atoms with E-state index in [0.717, 1.165) is 25.7 Å². The number of allylic oxidation sites excluding steroid dienone is 2. The summed E-state index contributed by atoms with van der Waals surface area (Å²) < 4.78 is 48.2. The Bertz CT molecular complexity index is 1360. The van der Waals surface area contributed by atoms with Crippen LogP contribution in [-0.4, -0.2) is 46.8 Å². The molecular weight excluding hydrogens is 737 g/mol. The Labute approximate surface area is 346 Å². The SMILES string of the molecule is CCCCCCCCCCCC/C=C/CC(=O)OCCOc1ccc(S(=O)(=O)c2ccc(OCCOC(=O)C/C=C/CCCCCCCCCCCC)cc2)cc1. The number of benzene rings is 2. The van der Waals surface area contributed by atoms with Crippen molar-refractivity contribution in [3.05, 3.63) is 72.8 Å². The first-order chi connectivity index (χ1) is 27.9. The van der Waals surface area contributed by atoms with Gasteiger partial charge >= 0.3 is 11.9 Å². The van der Waals surface area contributed by atoms with Gasteiger partial charge in [0.25, 0.3) is 0 Å². The van der Waals surface area contributed by atoms with Crippen molar-refractivity contribution in [3.8, 4) is 11.5 Å².